The van der Waals surface area contributed by atoms with Crippen LogP contribution < -0.4 is 14.2 Å². The van der Waals surface area contributed by atoms with Crippen LogP contribution in [0.5, 0.6) is 17.4 Å². The van der Waals surface area contributed by atoms with Crippen molar-refractivity contribution < 1.29 is 19.0 Å². The molecule has 2 aromatic heterocycles. The maximum atomic E-state index is 13.5. The van der Waals surface area contributed by atoms with Crippen molar-refractivity contribution >= 4 is 23.0 Å². The molecular weight excluding hydrogens is 492 g/mol. The zero-order chi connectivity index (χ0) is 25.7. The molecule has 8 nitrogen and oxygen atoms in total. The van der Waals surface area contributed by atoms with E-state index in [9.17, 15) is 4.79 Å². The van der Waals surface area contributed by atoms with Gasteiger partial charge in [-0.1, -0.05) is 37.6 Å². The van der Waals surface area contributed by atoms with E-state index >= 15 is 0 Å². The average molecular weight is 517 g/mol. The summed E-state index contributed by atoms with van der Waals surface area (Å²) in [6, 6.07) is 14.8. The molecule has 3 heterocycles. The first-order valence-corrected chi connectivity index (χ1v) is 12.4. The number of Topliss-reactive ketones (excluding diaryl/α,β-unsaturated/α-hetero) is 1. The monoisotopic (exact) mass is 516 g/mol. The lowest BCUT2D eigenvalue weighted by Gasteiger charge is -2.37. The number of ketones is 1. The van der Waals surface area contributed by atoms with Crippen molar-refractivity contribution in [2.24, 2.45) is 5.41 Å². The molecule has 6 rings (SSSR count). The minimum Gasteiger partial charge on any atom is -0.497 e. The summed E-state index contributed by atoms with van der Waals surface area (Å²) >= 11 is 5.97. The van der Waals surface area contributed by atoms with E-state index in [1.54, 1.807) is 42.2 Å². The Morgan fingerprint density at radius 3 is 2.54 bits per heavy atom. The third-order valence-corrected chi connectivity index (χ3v) is 6.99. The van der Waals surface area contributed by atoms with E-state index in [2.05, 4.69) is 23.9 Å². The number of halogens is 1. The van der Waals surface area contributed by atoms with E-state index in [0.717, 1.165) is 11.3 Å². The van der Waals surface area contributed by atoms with Crippen LogP contribution in [-0.2, 0) is 11.4 Å². The van der Waals surface area contributed by atoms with E-state index in [0.29, 0.717) is 57.9 Å². The van der Waals surface area contributed by atoms with Crippen molar-refractivity contribution in [1.82, 2.24) is 19.6 Å². The molecule has 0 amide bonds. The van der Waals surface area contributed by atoms with Gasteiger partial charge in [0.05, 0.1) is 12.7 Å². The summed E-state index contributed by atoms with van der Waals surface area (Å²) in [4.78, 5) is 22.9. The van der Waals surface area contributed by atoms with Gasteiger partial charge in [-0.05, 0) is 47.4 Å². The number of ether oxygens (including phenoxy) is 3. The first-order chi connectivity index (χ1) is 17.8. The molecule has 1 atom stereocenters. The number of carbonyl (C=O) groups is 1. The Morgan fingerprint density at radius 1 is 1.08 bits per heavy atom. The lowest BCUT2D eigenvalue weighted by molar-refractivity contribution is -0.118. The van der Waals surface area contributed by atoms with Crippen molar-refractivity contribution in [2.75, 3.05) is 7.11 Å². The van der Waals surface area contributed by atoms with Crippen LogP contribution in [0.3, 0.4) is 0 Å². The van der Waals surface area contributed by atoms with Gasteiger partial charge in [-0.3, -0.25) is 4.79 Å². The quantitative estimate of drug-likeness (QED) is 0.344. The summed E-state index contributed by atoms with van der Waals surface area (Å²) in [6.07, 6.45) is 2.68. The van der Waals surface area contributed by atoms with E-state index in [1.165, 1.54) is 0 Å². The lowest BCUT2D eigenvalue weighted by Crippen LogP contribution is -2.33. The highest BCUT2D eigenvalue weighted by Gasteiger charge is 2.44. The maximum Gasteiger partial charge on any atom is 0.228 e. The van der Waals surface area contributed by atoms with Crippen molar-refractivity contribution in [3.8, 4) is 17.4 Å². The number of methoxy groups -OCH3 is 1. The van der Waals surface area contributed by atoms with Gasteiger partial charge in [-0.25, -0.2) is 14.5 Å². The minimum atomic E-state index is -0.390. The summed E-state index contributed by atoms with van der Waals surface area (Å²) in [5.74, 6) is 2.68. The predicted octanol–water partition coefficient (Wildman–Crippen LogP) is 5.53. The van der Waals surface area contributed by atoms with Crippen LogP contribution in [0.4, 0.5) is 0 Å². The van der Waals surface area contributed by atoms with Gasteiger partial charge in [-0.2, -0.15) is 0 Å². The van der Waals surface area contributed by atoms with Crippen LogP contribution >= 0.6 is 11.6 Å². The van der Waals surface area contributed by atoms with E-state index in [1.807, 2.05) is 24.3 Å². The van der Waals surface area contributed by atoms with Crippen molar-refractivity contribution in [2.45, 2.75) is 39.2 Å². The number of hydrogen-bond acceptors (Lipinski definition) is 7. The Hall–Kier alpha value is -3.91. The summed E-state index contributed by atoms with van der Waals surface area (Å²) in [7, 11) is 1.63. The molecule has 0 saturated carbocycles. The topological polar surface area (TPSA) is 87.8 Å². The fourth-order valence-electron chi connectivity index (χ4n) is 5.06. The SMILES string of the molecule is COc1ccc([C@H]2C3=C(CC(C)(C)CC3=O)Oc3ncn4nc(COc5ccc(Cl)cc5)nc4c32)cc1. The second-order valence-corrected chi connectivity index (χ2v) is 10.5. The average Bonchev–Trinajstić information content (AvgIpc) is 3.30. The molecule has 4 aromatic rings. The molecule has 188 valence electrons. The van der Waals surface area contributed by atoms with Crippen LogP contribution in [0.25, 0.3) is 5.65 Å². The first kappa shape index (κ1) is 23.5. The van der Waals surface area contributed by atoms with Crippen LogP contribution in [0.1, 0.15) is 49.6 Å². The lowest BCUT2D eigenvalue weighted by atomic mass is 9.70. The second kappa shape index (κ2) is 8.88. The van der Waals surface area contributed by atoms with E-state index in [-0.39, 0.29) is 17.8 Å². The molecule has 0 fully saturated rings. The number of benzene rings is 2. The van der Waals surface area contributed by atoms with Gasteiger partial charge in [0.2, 0.25) is 5.88 Å². The van der Waals surface area contributed by atoms with Gasteiger partial charge in [0, 0.05) is 29.4 Å². The van der Waals surface area contributed by atoms with Gasteiger partial charge in [0.25, 0.3) is 0 Å². The number of carbonyl (C=O) groups excluding carboxylic acids is 1. The Labute approximate surface area is 218 Å². The molecule has 1 aliphatic heterocycles. The van der Waals surface area contributed by atoms with E-state index < -0.39 is 5.92 Å². The Balaban J connectivity index is 1.45. The highest BCUT2D eigenvalue weighted by molar-refractivity contribution is 6.30. The highest BCUT2D eigenvalue weighted by atomic mass is 35.5. The molecule has 1 aliphatic carbocycles. The number of rotatable bonds is 5. The molecule has 0 radical (unpaired) electrons. The Bertz CT molecular complexity index is 1540. The molecule has 0 unspecified atom stereocenters. The molecule has 9 heteroatoms. The number of nitrogens with zero attached hydrogens (tertiary/aromatic N) is 4. The van der Waals surface area contributed by atoms with Gasteiger partial charge in [0.1, 0.15) is 30.2 Å². The summed E-state index contributed by atoms with van der Waals surface area (Å²) in [6.45, 7) is 4.32. The molecule has 0 bridgehead atoms. The van der Waals surface area contributed by atoms with Crippen LogP contribution in [0, 0.1) is 5.41 Å². The van der Waals surface area contributed by atoms with Gasteiger partial charge in [-0.15, -0.1) is 5.10 Å². The summed E-state index contributed by atoms with van der Waals surface area (Å²) in [5.41, 5.74) is 2.69. The minimum absolute atomic E-state index is 0.0746. The third kappa shape index (κ3) is 4.31. The largest absolute Gasteiger partial charge is 0.497 e. The molecular formula is C28H25ClN4O4. The number of fused-ring (bicyclic) bond motifs is 3. The predicted molar refractivity (Wildman–Crippen MR) is 137 cm³/mol. The molecule has 2 aromatic carbocycles. The smallest absolute Gasteiger partial charge is 0.228 e. The van der Waals surface area contributed by atoms with Crippen molar-refractivity contribution in [3.05, 3.63) is 88.2 Å². The van der Waals surface area contributed by atoms with Gasteiger partial charge < -0.3 is 14.2 Å². The van der Waals surface area contributed by atoms with Crippen LogP contribution in [0.2, 0.25) is 5.02 Å². The summed E-state index contributed by atoms with van der Waals surface area (Å²) in [5, 5.41) is 5.20. The summed E-state index contributed by atoms with van der Waals surface area (Å²) < 4.78 is 19.1. The number of aromatic nitrogens is 4. The Kier molecular flexibility index (Phi) is 5.64. The van der Waals surface area contributed by atoms with Crippen LogP contribution in [-0.4, -0.2) is 32.5 Å². The van der Waals surface area contributed by atoms with Crippen molar-refractivity contribution in [1.29, 1.82) is 0 Å². The first-order valence-electron chi connectivity index (χ1n) is 12.0. The molecule has 0 N–H and O–H groups in total. The zero-order valence-corrected chi connectivity index (χ0v) is 21.5. The standard InChI is InChI=1S/C28H25ClN4O4/c1-28(2)12-20(34)24-21(13-28)37-27-25(23(24)16-4-8-18(35-3)9-5-16)26-31-22(32-33(26)15-30-27)14-36-19-10-6-17(29)7-11-19/h4-11,15,23H,12-14H2,1-3H3/t23-/m0/s1. The fourth-order valence-corrected chi connectivity index (χ4v) is 5.19. The Morgan fingerprint density at radius 2 is 1.81 bits per heavy atom. The number of allylic oxidation sites excluding steroid dienone is 2. The van der Waals surface area contributed by atoms with Crippen molar-refractivity contribution in [3.63, 3.8) is 0 Å². The molecule has 0 spiro atoms. The highest BCUT2D eigenvalue weighted by Crippen LogP contribution is 2.50. The normalized spacial score (nSPS) is 18.3. The van der Waals surface area contributed by atoms with E-state index in [4.69, 9.17) is 30.8 Å². The van der Waals surface area contributed by atoms with Gasteiger partial charge >= 0.3 is 0 Å². The van der Waals surface area contributed by atoms with Gasteiger partial charge in [0.15, 0.2) is 17.3 Å². The zero-order valence-electron chi connectivity index (χ0n) is 20.7. The fraction of sp³-hybridized carbons (Fsp3) is 0.286. The van der Waals surface area contributed by atoms with Crippen LogP contribution in [0.15, 0.2) is 66.2 Å². The second-order valence-electron chi connectivity index (χ2n) is 10.1. The molecule has 37 heavy (non-hydrogen) atoms. The molecule has 0 saturated heterocycles. The number of hydrogen-bond donors (Lipinski definition) is 0. The molecule has 2 aliphatic rings. The maximum absolute atomic E-state index is 13.5. The third-order valence-electron chi connectivity index (χ3n) is 6.74.